The number of nitrogens with one attached hydrogen (secondary N) is 1. The summed E-state index contributed by atoms with van der Waals surface area (Å²) in [6, 6.07) is 6.22. The maximum Gasteiger partial charge on any atom is 0.0547 e. The lowest BCUT2D eigenvalue weighted by molar-refractivity contribution is 0.193. The predicted octanol–water partition coefficient (Wildman–Crippen LogP) is 1.84. The second-order valence-corrected chi connectivity index (χ2v) is 4.74. The molecule has 0 bridgehead atoms. The Hall–Kier alpha value is -0.970. The summed E-state index contributed by atoms with van der Waals surface area (Å²) in [5.74, 6) is 0. The highest BCUT2D eigenvalue weighted by molar-refractivity contribution is 5.09. The zero-order valence-electron chi connectivity index (χ0n) is 12.5. The van der Waals surface area contributed by atoms with Crippen LogP contribution in [0, 0.1) is 6.92 Å². The van der Waals surface area contributed by atoms with Crippen molar-refractivity contribution in [2.75, 3.05) is 39.9 Å². The number of methoxy groups -OCH3 is 1. The van der Waals surface area contributed by atoms with Crippen LogP contribution in [0.25, 0.3) is 0 Å². The van der Waals surface area contributed by atoms with Crippen LogP contribution in [-0.4, -0.2) is 49.8 Å². The molecule has 108 valence electrons. The molecule has 0 aliphatic carbocycles. The highest BCUT2D eigenvalue weighted by atomic mass is 16.5. The molecule has 1 rings (SSSR count). The molecule has 0 aliphatic heterocycles. The summed E-state index contributed by atoms with van der Waals surface area (Å²) < 4.78 is 5.02. The lowest BCUT2D eigenvalue weighted by Gasteiger charge is -2.20. The van der Waals surface area contributed by atoms with E-state index in [-0.39, 0.29) is 0 Å². The molecule has 0 atom stereocenters. The Morgan fingerprint density at radius 3 is 2.84 bits per heavy atom. The van der Waals surface area contributed by atoms with Gasteiger partial charge in [-0.05, 0) is 38.6 Å². The number of likely N-dealkylation sites (N-methyl/N-ethyl adjacent to an activating group) is 1. The minimum atomic E-state index is 0.831. The molecular formula is C15H27N3O. The fraction of sp³-hybridized carbons (Fsp3) is 0.667. The van der Waals surface area contributed by atoms with Crippen molar-refractivity contribution in [3.63, 3.8) is 0 Å². The summed E-state index contributed by atoms with van der Waals surface area (Å²) in [4.78, 5) is 6.96. The second kappa shape index (κ2) is 9.89. The molecule has 1 aromatic rings. The molecule has 0 unspecified atom stereocenters. The van der Waals surface area contributed by atoms with E-state index in [2.05, 4.69) is 34.3 Å². The number of aryl methyl sites for hydroxylation is 1. The smallest absolute Gasteiger partial charge is 0.0547 e. The van der Waals surface area contributed by atoms with Crippen LogP contribution in [0.3, 0.4) is 0 Å². The number of hydrogen-bond acceptors (Lipinski definition) is 4. The molecule has 1 aromatic heterocycles. The minimum absolute atomic E-state index is 0.831. The molecule has 0 aromatic carbocycles. The number of hydrogen-bond donors (Lipinski definition) is 1. The topological polar surface area (TPSA) is 37.4 Å². The van der Waals surface area contributed by atoms with E-state index in [9.17, 15) is 0 Å². The second-order valence-electron chi connectivity index (χ2n) is 4.74. The van der Waals surface area contributed by atoms with E-state index in [4.69, 9.17) is 4.74 Å². The Morgan fingerprint density at radius 1 is 1.32 bits per heavy atom. The molecule has 4 nitrogen and oxygen atoms in total. The number of aromatic nitrogens is 1. The number of pyridine rings is 1. The molecule has 19 heavy (non-hydrogen) atoms. The van der Waals surface area contributed by atoms with E-state index >= 15 is 0 Å². The van der Waals surface area contributed by atoms with E-state index < -0.39 is 0 Å². The molecular weight excluding hydrogens is 238 g/mol. The molecule has 4 heteroatoms. The normalized spacial score (nSPS) is 11.2. The SMILES string of the molecule is CCN(CCNCCCOC)Cc1cccc(C)n1. The van der Waals surface area contributed by atoms with Crippen molar-refractivity contribution in [2.24, 2.45) is 0 Å². The molecule has 1 N–H and O–H groups in total. The monoisotopic (exact) mass is 265 g/mol. The van der Waals surface area contributed by atoms with Crippen LogP contribution < -0.4 is 5.32 Å². The van der Waals surface area contributed by atoms with Crippen LogP contribution >= 0.6 is 0 Å². The highest BCUT2D eigenvalue weighted by Gasteiger charge is 2.04. The molecule has 0 saturated carbocycles. The standard InChI is InChI=1S/C15H27N3O/c1-4-18(11-10-16-9-6-12-19-3)13-15-8-5-7-14(2)17-15/h5,7-8,16H,4,6,9-13H2,1-3H3. The minimum Gasteiger partial charge on any atom is -0.385 e. The van der Waals surface area contributed by atoms with E-state index in [1.165, 1.54) is 0 Å². The van der Waals surface area contributed by atoms with Crippen molar-refractivity contribution in [2.45, 2.75) is 26.8 Å². The lowest BCUT2D eigenvalue weighted by Crippen LogP contribution is -2.32. The average molecular weight is 265 g/mol. The van der Waals surface area contributed by atoms with Crippen molar-refractivity contribution in [1.29, 1.82) is 0 Å². The van der Waals surface area contributed by atoms with Gasteiger partial charge in [-0.15, -0.1) is 0 Å². The Bertz CT molecular complexity index is 344. The first-order chi connectivity index (χ1) is 9.26. The summed E-state index contributed by atoms with van der Waals surface area (Å²) in [5, 5.41) is 3.44. The largest absolute Gasteiger partial charge is 0.385 e. The van der Waals surface area contributed by atoms with E-state index in [0.29, 0.717) is 0 Å². The summed E-state index contributed by atoms with van der Waals surface area (Å²) >= 11 is 0. The molecule has 0 radical (unpaired) electrons. The van der Waals surface area contributed by atoms with Gasteiger partial charge in [-0.1, -0.05) is 13.0 Å². The van der Waals surface area contributed by atoms with Crippen molar-refractivity contribution in [1.82, 2.24) is 15.2 Å². The molecule has 0 aliphatic rings. The van der Waals surface area contributed by atoms with Gasteiger partial charge < -0.3 is 10.1 Å². The zero-order chi connectivity index (χ0) is 13.9. The summed E-state index contributed by atoms with van der Waals surface area (Å²) in [6.07, 6.45) is 1.07. The van der Waals surface area contributed by atoms with Crippen LogP contribution in [0.2, 0.25) is 0 Å². The highest BCUT2D eigenvalue weighted by Crippen LogP contribution is 2.02. The number of rotatable bonds is 10. The van der Waals surface area contributed by atoms with Gasteiger partial charge in [0.2, 0.25) is 0 Å². The van der Waals surface area contributed by atoms with Crippen molar-refractivity contribution < 1.29 is 4.74 Å². The Labute approximate surface area is 117 Å². The van der Waals surface area contributed by atoms with Crippen LogP contribution in [0.15, 0.2) is 18.2 Å². The number of nitrogens with zero attached hydrogens (tertiary/aromatic N) is 2. The molecule has 0 spiro atoms. The first-order valence-electron chi connectivity index (χ1n) is 7.10. The van der Waals surface area contributed by atoms with Crippen LogP contribution in [0.4, 0.5) is 0 Å². The predicted molar refractivity (Wildman–Crippen MR) is 79.3 cm³/mol. The Morgan fingerprint density at radius 2 is 2.16 bits per heavy atom. The van der Waals surface area contributed by atoms with Gasteiger partial charge in [-0.25, -0.2) is 0 Å². The van der Waals surface area contributed by atoms with Gasteiger partial charge in [0, 0.05) is 39.0 Å². The molecule has 0 fully saturated rings. The summed E-state index contributed by atoms with van der Waals surface area (Å²) in [7, 11) is 1.74. The maximum absolute atomic E-state index is 5.02. The van der Waals surface area contributed by atoms with Crippen molar-refractivity contribution >= 4 is 0 Å². The first kappa shape index (κ1) is 16.1. The third-order valence-electron chi connectivity index (χ3n) is 3.09. The van der Waals surface area contributed by atoms with Crippen LogP contribution in [0.5, 0.6) is 0 Å². The van der Waals surface area contributed by atoms with Crippen molar-refractivity contribution in [3.8, 4) is 0 Å². The summed E-state index contributed by atoms with van der Waals surface area (Å²) in [5.41, 5.74) is 2.24. The van der Waals surface area contributed by atoms with Gasteiger partial charge in [0.1, 0.15) is 0 Å². The third kappa shape index (κ3) is 7.25. The first-order valence-corrected chi connectivity index (χ1v) is 7.10. The average Bonchev–Trinajstić information content (AvgIpc) is 2.41. The van der Waals surface area contributed by atoms with Gasteiger partial charge in [0.05, 0.1) is 5.69 Å². The Kier molecular flexibility index (Phi) is 8.38. The van der Waals surface area contributed by atoms with Crippen molar-refractivity contribution in [3.05, 3.63) is 29.6 Å². The van der Waals surface area contributed by atoms with E-state index in [1.807, 2.05) is 13.0 Å². The number of ether oxygens (including phenoxy) is 1. The Balaban J connectivity index is 2.22. The zero-order valence-corrected chi connectivity index (χ0v) is 12.5. The van der Waals surface area contributed by atoms with E-state index in [0.717, 1.165) is 57.1 Å². The molecule has 1 heterocycles. The fourth-order valence-electron chi connectivity index (χ4n) is 1.97. The lowest BCUT2D eigenvalue weighted by atomic mass is 10.3. The fourth-order valence-corrected chi connectivity index (χ4v) is 1.97. The van der Waals surface area contributed by atoms with Gasteiger partial charge in [-0.2, -0.15) is 0 Å². The third-order valence-corrected chi connectivity index (χ3v) is 3.09. The molecule has 0 amide bonds. The maximum atomic E-state index is 5.02. The van der Waals surface area contributed by atoms with E-state index in [1.54, 1.807) is 7.11 Å². The van der Waals surface area contributed by atoms with Crippen LogP contribution in [-0.2, 0) is 11.3 Å². The van der Waals surface area contributed by atoms with Crippen LogP contribution in [0.1, 0.15) is 24.7 Å². The summed E-state index contributed by atoms with van der Waals surface area (Å²) in [6.45, 7) is 10.1. The molecule has 0 saturated heterocycles. The van der Waals surface area contributed by atoms with Gasteiger partial charge in [0.25, 0.3) is 0 Å². The van der Waals surface area contributed by atoms with Gasteiger partial charge in [0.15, 0.2) is 0 Å². The van der Waals surface area contributed by atoms with Gasteiger partial charge >= 0.3 is 0 Å². The van der Waals surface area contributed by atoms with Gasteiger partial charge in [-0.3, -0.25) is 9.88 Å². The quantitative estimate of drug-likeness (QED) is 0.655.